The molecule has 0 aliphatic carbocycles. The zero-order valence-corrected chi connectivity index (χ0v) is 14.1. The van der Waals surface area contributed by atoms with Crippen LogP contribution in [0, 0.1) is 0 Å². The fourth-order valence-corrected chi connectivity index (χ4v) is 2.87. The van der Waals surface area contributed by atoms with Gasteiger partial charge >= 0.3 is 0 Å². The number of sulfonamides is 1. The SMILES string of the molecule is CCCNCCCCS(=O)(=O)NCCCCOC(C)C. The van der Waals surface area contributed by atoms with Crippen LogP contribution in [0.1, 0.15) is 52.9 Å². The summed E-state index contributed by atoms with van der Waals surface area (Å²) in [6.45, 7) is 9.23. The van der Waals surface area contributed by atoms with Crippen LogP contribution in [-0.4, -0.2) is 46.5 Å². The summed E-state index contributed by atoms with van der Waals surface area (Å²) in [4.78, 5) is 0. The van der Waals surface area contributed by atoms with Gasteiger partial charge in [-0.1, -0.05) is 6.92 Å². The molecule has 0 unspecified atom stereocenters. The van der Waals surface area contributed by atoms with Crippen LogP contribution in [0.2, 0.25) is 0 Å². The number of ether oxygens (including phenoxy) is 1. The van der Waals surface area contributed by atoms with Crippen molar-refractivity contribution in [3.05, 3.63) is 0 Å². The van der Waals surface area contributed by atoms with Crippen LogP contribution in [0.4, 0.5) is 0 Å². The average molecular weight is 308 g/mol. The summed E-state index contributed by atoms with van der Waals surface area (Å²) < 4.78 is 31.4. The molecular weight excluding hydrogens is 276 g/mol. The third-order valence-electron chi connectivity index (χ3n) is 2.79. The predicted molar refractivity (Wildman–Crippen MR) is 84.5 cm³/mol. The van der Waals surface area contributed by atoms with Crippen molar-refractivity contribution >= 4 is 10.0 Å². The van der Waals surface area contributed by atoms with E-state index < -0.39 is 10.0 Å². The van der Waals surface area contributed by atoms with Gasteiger partial charge in [-0.2, -0.15) is 0 Å². The van der Waals surface area contributed by atoms with Crippen molar-refractivity contribution in [2.24, 2.45) is 0 Å². The van der Waals surface area contributed by atoms with Gasteiger partial charge in [0.1, 0.15) is 0 Å². The molecule has 0 heterocycles. The predicted octanol–water partition coefficient (Wildman–Crippen LogP) is 1.89. The van der Waals surface area contributed by atoms with Crippen molar-refractivity contribution < 1.29 is 13.2 Å². The van der Waals surface area contributed by atoms with E-state index in [1.54, 1.807) is 0 Å². The van der Waals surface area contributed by atoms with Crippen molar-refractivity contribution in [2.45, 2.75) is 59.0 Å². The van der Waals surface area contributed by atoms with E-state index in [0.717, 1.165) is 38.8 Å². The third-order valence-corrected chi connectivity index (χ3v) is 4.26. The Hall–Kier alpha value is -0.170. The maximum absolute atomic E-state index is 11.7. The lowest BCUT2D eigenvalue weighted by Crippen LogP contribution is -2.28. The summed E-state index contributed by atoms with van der Waals surface area (Å²) in [5.74, 6) is 0.225. The van der Waals surface area contributed by atoms with Crippen LogP contribution < -0.4 is 10.0 Å². The van der Waals surface area contributed by atoms with Crippen LogP contribution in [0.5, 0.6) is 0 Å². The van der Waals surface area contributed by atoms with Gasteiger partial charge < -0.3 is 10.1 Å². The van der Waals surface area contributed by atoms with E-state index in [1.807, 2.05) is 13.8 Å². The van der Waals surface area contributed by atoms with Gasteiger partial charge in [-0.05, 0) is 59.0 Å². The molecule has 0 aromatic heterocycles. The molecule has 0 bridgehead atoms. The Morgan fingerprint density at radius 2 is 1.70 bits per heavy atom. The normalized spacial score (nSPS) is 12.2. The van der Waals surface area contributed by atoms with Gasteiger partial charge in [0, 0.05) is 13.2 Å². The molecule has 122 valence electrons. The van der Waals surface area contributed by atoms with Crippen molar-refractivity contribution in [3.8, 4) is 0 Å². The molecule has 0 aliphatic rings. The molecule has 2 N–H and O–H groups in total. The summed E-state index contributed by atoms with van der Waals surface area (Å²) in [5.41, 5.74) is 0. The Kier molecular flexibility index (Phi) is 12.5. The summed E-state index contributed by atoms with van der Waals surface area (Å²) in [5, 5.41) is 3.27. The molecule has 0 fully saturated rings. The molecule has 0 spiro atoms. The summed E-state index contributed by atoms with van der Waals surface area (Å²) >= 11 is 0. The largest absolute Gasteiger partial charge is 0.379 e. The molecule has 0 aromatic rings. The molecule has 0 aliphatic heterocycles. The quantitative estimate of drug-likeness (QED) is 0.481. The van der Waals surface area contributed by atoms with E-state index in [2.05, 4.69) is 17.0 Å². The Bertz CT molecular complexity index is 306. The van der Waals surface area contributed by atoms with E-state index in [1.165, 1.54) is 0 Å². The third kappa shape index (κ3) is 14.2. The minimum Gasteiger partial charge on any atom is -0.379 e. The standard InChI is InChI=1S/C14H32N2O3S/c1-4-9-15-10-6-8-13-20(17,18)16-11-5-7-12-19-14(2)3/h14-16H,4-13H2,1-3H3. The number of rotatable bonds is 14. The lowest BCUT2D eigenvalue weighted by atomic mass is 10.3. The number of nitrogens with one attached hydrogen (secondary N) is 2. The molecule has 0 saturated heterocycles. The number of hydrogen-bond acceptors (Lipinski definition) is 4. The minimum atomic E-state index is -3.10. The van der Waals surface area contributed by atoms with Crippen LogP contribution in [0.3, 0.4) is 0 Å². The maximum Gasteiger partial charge on any atom is 0.211 e. The smallest absolute Gasteiger partial charge is 0.211 e. The van der Waals surface area contributed by atoms with E-state index in [4.69, 9.17) is 4.74 Å². The second-order valence-corrected chi connectivity index (χ2v) is 7.22. The first-order valence-electron chi connectivity index (χ1n) is 7.77. The van der Waals surface area contributed by atoms with Crippen molar-refractivity contribution in [1.82, 2.24) is 10.0 Å². The highest BCUT2D eigenvalue weighted by atomic mass is 32.2. The van der Waals surface area contributed by atoms with E-state index in [-0.39, 0.29) is 11.9 Å². The molecule has 0 aromatic carbocycles. The van der Waals surface area contributed by atoms with Crippen LogP contribution in [-0.2, 0) is 14.8 Å². The second kappa shape index (κ2) is 12.6. The van der Waals surface area contributed by atoms with Crippen LogP contribution >= 0.6 is 0 Å². The Balaban J connectivity index is 3.45. The monoisotopic (exact) mass is 308 g/mol. The van der Waals surface area contributed by atoms with E-state index in [9.17, 15) is 8.42 Å². The van der Waals surface area contributed by atoms with Crippen molar-refractivity contribution in [1.29, 1.82) is 0 Å². The Morgan fingerprint density at radius 1 is 1.00 bits per heavy atom. The molecule has 0 atom stereocenters. The molecular formula is C14H32N2O3S. The van der Waals surface area contributed by atoms with Gasteiger partial charge in [-0.3, -0.25) is 0 Å². The summed E-state index contributed by atoms with van der Waals surface area (Å²) in [6, 6.07) is 0. The van der Waals surface area contributed by atoms with Gasteiger partial charge in [0.25, 0.3) is 0 Å². The van der Waals surface area contributed by atoms with Gasteiger partial charge in [-0.25, -0.2) is 13.1 Å². The van der Waals surface area contributed by atoms with Crippen LogP contribution in [0.25, 0.3) is 0 Å². The van der Waals surface area contributed by atoms with E-state index in [0.29, 0.717) is 19.6 Å². The molecule has 0 saturated carbocycles. The molecule has 0 amide bonds. The molecule has 6 heteroatoms. The highest BCUT2D eigenvalue weighted by Gasteiger charge is 2.08. The van der Waals surface area contributed by atoms with Gasteiger partial charge in [0.2, 0.25) is 10.0 Å². The minimum absolute atomic E-state index is 0.225. The summed E-state index contributed by atoms with van der Waals surface area (Å²) in [7, 11) is -3.10. The zero-order valence-electron chi connectivity index (χ0n) is 13.3. The average Bonchev–Trinajstić information content (AvgIpc) is 2.37. The van der Waals surface area contributed by atoms with E-state index >= 15 is 0 Å². The molecule has 20 heavy (non-hydrogen) atoms. The van der Waals surface area contributed by atoms with Crippen molar-refractivity contribution in [3.63, 3.8) is 0 Å². The molecule has 0 rings (SSSR count). The number of hydrogen-bond donors (Lipinski definition) is 2. The lowest BCUT2D eigenvalue weighted by molar-refractivity contribution is 0.0762. The maximum atomic E-state index is 11.7. The zero-order chi connectivity index (χ0) is 15.3. The molecule has 5 nitrogen and oxygen atoms in total. The lowest BCUT2D eigenvalue weighted by Gasteiger charge is -2.08. The van der Waals surface area contributed by atoms with Crippen LogP contribution in [0.15, 0.2) is 0 Å². The molecule has 0 radical (unpaired) electrons. The first-order chi connectivity index (χ1) is 9.48. The first kappa shape index (κ1) is 19.8. The second-order valence-electron chi connectivity index (χ2n) is 5.30. The highest BCUT2D eigenvalue weighted by molar-refractivity contribution is 7.89. The Morgan fingerprint density at radius 3 is 2.35 bits per heavy atom. The van der Waals surface area contributed by atoms with Crippen molar-refractivity contribution in [2.75, 3.05) is 32.0 Å². The number of unbranched alkanes of at least 4 members (excludes halogenated alkanes) is 2. The first-order valence-corrected chi connectivity index (χ1v) is 9.43. The fourth-order valence-electron chi connectivity index (χ4n) is 1.69. The fraction of sp³-hybridized carbons (Fsp3) is 1.00. The summed E-state index contributed by atoms with van der Waals surface area (Å²) in [6.07, 6.45) is 4.69. The topological polar surface area (TPSA) is 67.4 Å². The van der Waals surface area contributed by atoms with Gasteiger partial charge in [0.05, 0.1) is 11.9 Å². The Labute approximate surface area is 124 Å². The highest BCUT2D eigenvalue weighted by Crippen LogP contribution is 1.97. The van der Waals surface area contributed by atoms with Gasteiger partial charge in [0.15, 0.2) is 0 Å². The van der Waals surface area contributed by atoms with Gasteiger partial charge in [-0.15, -0.1) is 0 Å².